The van der Waals surface area contributed by atoms with Gasteiger partial charge >= 0.3 is 11.9 Å². The van der Waals surface area contributed by atoms with E-state index in [1.165, 1.54) is 0 Å². The zero-order valence-electron chi connectivity index (χ0n) is 11.9. The van der Waals surface area contributed by atoms with Crippen molar-refractivity contribution < 1.29 is 19.1 Å². The smallest absolute Gasteiger partial charge is 0.357 e. The Morgan fingerprint density at radius 3 is 2.45 bits per heavy atom. The number of aryl methyl sites for hydroxylation is 2. The van der Waals surface area contributed by atoms with Crippen LogP contribution in [0.2, 0.25) is 0 Å². The van der Waals surface area contributed by atoms with Crippen LogP contribution in [0, 0.1) is 0 Å². The average Bonchev–Trinajstić information content (AvgIpc) is 2.46. The Kier molecular flexibility index (Phi) is 4.71. The molecule has 0 radical (unpaired) electrons. The number of aromatic nitrogens is 1. The summed E-state index contributed by atoms with van der Waals surface area (Å²) in [7, 11) is 0. The highest BCUT2D eigenvalue weighted by atomic mass is 16.5. The molecular weight excluding hydrogens is 258 g/mol. The standard InChI is InChI=1S/C15H19NO4/c1-3-19-14(17)11-9-10-7-5-6-8-12(10)16-13(11)15(18)20-4-2/h9H,3-8H2,1-2H3. The zero-order chi connectivity index (χ0) is 14.5. The Labute approximate surface area is 118 Å². The molecule has 0 aliphatic heterocycles. The molecule has 0 aromatic carbocycles. The van der Waals surface area contributed by atoms with Crippen LogP contribution in [0.15, 0.2) is 6.07 Å². The molecule has 0 fully saturated rings. The molecule has 5 nitrogen and oxygen atoms in total. The van der Waals surface area contributed by atoms with E-state index in [-0.39, 0.29) is 24.5 Å². The Morgan fingerprint density at radius 1 is 1.10 bits per heavy atom. The summed E-state index contributed by atoms with van der Waals surface area (Å²) >= 11 is 0. The van der Waals surface area contributed by atoms with Crippen molar-refractivity contribution in [1.29, 1.82) is 0 Å². The Bertz CT molecular complexity index is 478. The first-order valence-electron chi connectivity index (χ1n) is 7.04. The van der Waals surface area contributed by atoms with Gasteiger partial charge in [-0.05, 0) is 51.2 Å². The minimum Gasteiger partial charge on any atom is -0.462 e. The predicted molar refractivity (Wildman–Crippen MR) is 72.8 cm³/mol. The molecule has 1 aromatic heterocycles. The molecule has 0 spiro atoms. The van der Waals surface area contributed by atoms with Gasteiger partial charge < -0.3 is 9.47 Å². The lowest BCUT2D eigenvalue weighted by molar-refractivity contribution is 0.0472. The molecule has 0 N–H and O–H groups in total. The van der Waals surface area contributed by atoms with Gasteiger partial charge in [0.05, 0.1) is 18.8 Å². The highest BCUT2D eigenvalue weighted by Gasteiger charge is 2.24. The fraction of sp³-hybridized carbons (Fsp3) is 0.533. The van der Waals surface area contributed by atoms with Gasteiger partial charge in [0, 0.05) is 5.69 Å². The molecule has 0 bridgehead atoms. The molecule has 0 saturated carbocycles. The molecule has 0 amide bonds. The lowest BCUT2D eigenvalue weighted by Crippen LogP contribution is -2.19. The molecule has 0 atom stereocenters. The van der Waals surface area contributed by atoms with Gasteiger partial charge in [0.2, 0.25) is 0 Å². The van der Waals surface area contributed by atoms with Gasteiger partial charge in [-0.25, -0.2) is 14.6 Å². The molecule has 0 unspecified atom stereocenters. The first-order valence-corrected chi connectivity index (χ1v) is 7.04. The zero-order valence-corrected chi connectivity index (χ0v) is 11.9. The second-order valence-electron chi connectivity index (χ2n) is 4.64. The molecule has 0 saturated heterocycles. The molecule has 5 heteroatoms. The van der Waals surface area contributed by atoms with Crippen molar-refractivity contribution in [2.45, 2.75) is 39.5 Å². The first-order chi connectivity index (χ1) is 9.67. The summed E-state index contributed by atoms with van der Waals surface area (Å²) in [4.78, 5) is 28.3. The summed E-state index contributed by atoms with van der Waals surface area (Å²) in [5.41, 5.74) is 2.22. The number of carbonyl (C=O) groups excluding carboxylic acids is 2. The maximum Gasteiger partial charge on any atom is 0.357 e. The second-order valence-corrected chi connectivity index (χ2v) is 4.64. The number of nitrogens with zero attached hydrogens (tertiary/aromatic N) is 1. The van der Waals surface area contributed by atoms with Gasteiger partial charge in [0.15, 0.2) is 5.69 Å². The Balaban J connectivity index is 2.45. The Hall–Kier alpha value is -1.91. The number of carbonyl (C=O) groups is 2. The summed E-state index contributed by atoms with van der Waals surface area (Å²) in [6, 6.07) is 1.74. The third kappa shape index (κ3) is 2.98. The monoisotopic (exact) mass is 277 g/mol. The molecule has 20 heavy (non-hydrogen) atoms. The van der Waals surface area contributed by atoms with Crippen LogP contribution >= 0.6 is 0 Å². The van der Waals surface area contributed by atoms with Crippen LogP contribution in [-0.2, 0) is 22.3 Å². The van der Waals surface area contributed by atoms with E-state index >= 15 is 0 Å². The van der Waals surface area contributed by atoms with E-state index in [1.807, 2.05) is 0 Å². The molecule has 2 rings (SSSR count). The van der Waals surface area contributed by atoms with Crippen molar-refractivity contribution in [2.24, 2.45) is 0 Å². The fourth-order valence-corrected chi connectivity index (χ4v) is 2.35. The molecule has 1 aliphatic rings. The molecule has 1 aliphatic carbocycles. The molecule has 108 valence electrons. The van der Waals surface area contributed by atoms with E-state index in [0.717, 1.165) is 36.9 Å². The quantitative estimate of drug-likeness (QED) is 0.790. The lowest BCUT2D eigenvalue weighted by Gasteiger charge is -2.17. The van der Waals surface area contributed by atoms with Crippen LogP contribution in [-0.4, -0.2) is 30.1 Å². The van der Waals surface area contributed by atoms with Crippen LogP contribution in [0.1, 0.15) is 58.8 Å². The van der Waals surface area contributed by atoms with Crippen molar-refractivity contribution in [3.63, 3.8) is 0 Å². The highest BCUT2D eigenvalue weighted by molar-refractivity contribution is 6.02. The topological polar surface area (TPSA) is 65.5 Å². The largest absolute Gasteiger partial charge is 0.462 e. The summed E-state index contributed by atoms with van der Waals surface area (Å²) in [6.45, 7) is 3.96. The summed E-state index contributed by atoms with van der Waals surface area (Å²) in [5.74, 6) is -1.08. The van der Waals surface area contributed by atoms with Crippen LogP contribution in [0.25, 0.3) is 0 Å². The van der Waals surface area contributed by atoms with Crippen LogP contribution in [0.3, 0.4) is 0 Å². The third-order valence-corrected chi connectivity index (χ3v) is 3.26. The molecular formula is C15H19NO4. The first kappa shape index (κ1) is 14.5. The van der Waals surface area contributed by atoms with Crippen LogP contribution in [0.5, 0.6) is 0 Å². The number of pyridine rings is 1. The maximum atomic E-state index is 12.0. The van der Waals surface area contributed by atoms with E-state index < -0.39 is 11.9 Å². The number of rotatable bonds is 4. The van der Waals surface area contributed by atoms with Crippen molar-refractivity contribution in [3.8, 4) is 0 Å². The number of fused-ring (bicyclic) bond motifs is 1. The van der Waals surface area contributed by atoms with Gasteiger partial charge in [-0.1, -0.05) is 0 Å². The maximum absolute atomic E-state index is 12.0. The summed E-state index contributed by atoms with van der Waals surface area (Å²) < 4.78 is 9.98. The number of esters is 2. The number of hydrogen-bond donors (Lipinski definition) is 0. The van der Waals surface area contributed by atoms with Crippen molar-refractivity contribution >= 4 is 11.9 Å². The molecule has 1 heterocycles. The van der Waals surface area contributed by atoms with Crippen LogP contribution < -0.4 is 0 Å². The van der Waals surface area contributed by atoms with Gasteiger partial charge in [-0.15, -0.1) is 0 Å². The lowest BCUT2D eigenvalue weighted by atomic mass is 9.94. The Morgan fingerprint density at radius 2 is 1.75 bits per heavy atom. The number of hydrogen-bond acceptors (Lipinski definition) is 5. The minimum atomic E-state index is -0.566. The summed E-state index contributed by atoms with van der Waals surface area (Å²) in [5, 5.41) is 0. The number of ether oxygens (including phenoxy) is 2. The van der Waals surface area contributed by atoms with Gasteiger partial charge in [0.1, 0.15) is 0 Å². The van der Waals surface area contributed by atoms with Crippen molar-refractivity contribution in [3.05, 3.63) is 28.6 Å². The van der Waals surface area contributed by atoms with E-state index in [2.05, 4.69) is 4.98 Å². The van der Waals surface area contributed by atoms with E-state index in [1.54, 1.807) is 19.9 Å². The van der Waals surface area contributed by atoms with E-state index in [4.69, 9.17) is 9.47 Å². The summed E-state index contributed by atoms with van der Waals surface area (Å²) in [6.07, 6.45) is 3.86. The SMILES string of the molecule is CCOC(=O)c1cc2c(nc1C(=O)OCC)CCCC2. The van der Waals surface area contributed by atoms with Crippen LogP contribution in [0.4, 0.5) is 0 Å². The van der Waals surface area contributed by atoms with Crippen molar-refractivity contribution in [2.75, 3.05) is 13.2 Å². The normalized spacial score (nSPS) is 13.5. The fourth-order valence-electron chi connectivity index (χ4n) is 2.35. The second kappa shape index (κ2) is 6.50. The average molecular weight is 277 g/mol. The van der Waals surface area contributed by atoms with Crippen molar-refractivity contribution in [1.82, 2.24) is 4.98 Å². The van der Waals surface area contributed by atoms with Gasteiger partial charge in [-0.2, -0.15) is 0 Å². The highest BCUT2D eigenvalue weighted by Crippen LogP contribution is 2.23. The predicted octanol–water partition coefficient (Wildman–Crippen LogP) is 2.31. The van der Waals surface area contributed by atoms with Gasteiger partial charge in [-0.3, -0.25) is 0 Å². The van der Waals surface area contributed by atoms with E-state index in [9.17, 15) is 9.59 Å². The molecule has 1 aromatic rings. The third-order valence-electron chi connectivity index (χ3n) is 3.26. The minimum absolute atomic E-state index is 0.0750. The van der Waals surface area contributed by atoms with E-state index in [0.29, 0.717) is 0 Å². The van der Waals surface area contributed by atoms with Gasteiger partial charge in [0.25, 0.3) is 0 Å².